The Morgan fingerprint density at radius 2 is 1.64 bits per heavy atom. The van der Waals surface area contributed by atoms with Crippen LogP contribution in [0.2, 0.25) is 0 Å². The molecular weight excluding hydrogens is 371 g/mol. The van der Waals surface area contributed by atoms with Crippen LogP contribution in [-0.2, 0) is 6.18 Å². The summed E-state index contributed by atoms with van der Waals surface area (Å²) in [5, 5.41) is 2.41. The van der Waals surface area contributed by atoms with Crippen LogP contribution in [0.3, 0.4) is 0 Å². The number of hydrogen-bond acceptors (Lipinski definition) is 3. The first-order chi connectivity index (χ1) is 13.1. The fourth-order valence-electron chi connectivity index (χ4n) is 2.68. The number of carbonyl (C=O) groups excluding carboxylic acids is 2. The van der Waals surface area contributed by atoms with Gasteiger partial charge in [-0.05, 0) is 43.7 Å². The SMILES string of the molecule is CC(=O)c1ccc(-c2ccc(C(=O)Nc3ccc(C)c(C(F)(F)F)c3)o2)cc1. The molecule has 0 saturated heterocycles. The van der Waals surface area contributed by atoms with Crippen molar-refractivity contribution in [1.82, 2.24) is 0 Å². The zero-order valence-electron chi connectivity index (χ0n) is 15.1. The Hall–Kier alpha value is -3.35. The molecule has 0 spiro atoms. The van der Waals surface area contributed by atoms with Crippen LogP contribution in [0.1, 0.15) is 39.0 Å². The Morgan fingerprint density at radius 3 is 2.25 bits per heavy atom. The van der Waals surface area contributed by atoms with E-state index in [9.17, 15) is 22.8 Å². The monoisotopic (exact) mass is 387 g/mol. The first-order valence-electron chi connectivity index (χ1n) is 8.35. The van der Waals surface area contributed by atoms with E-state index in [1.54, 1.807) is 30.3 Å². The molecule has 0 fully saturated rings. The van der Waals surface area contributed by atoms with Crippen LogP contribution in [0.15, 0.2) is 59.0 Å². The van der Waals surface area contributed by atoms with Crippen molar-refractivity contribution in [2.75, 3.05) is 5.32 Å². The van der Waals surface area contributed by atoms with Crippen molar-refractivity contribution in [2.45, 2.75) is 20.0 Å². The molecule has 1 N–H and O–H groups in total. The molecular formula is C21H16F3NO3. The predicted molar refractivity (Wildman–Crippen MR) is 98.3 cm³/mol. The van der Waals surface area contributed by atoms with Gasteiger partial charge in [0, 0.05) is 16.8 Å². The summed E-state index contributed by atoms with van der Waals surface area (Å²) < 4.78 is 44.5. The maximum Gasteiger partial charge on any atom is 0.416 e. The number of Topliss-reactive ketones (excluding diaryl/α,β-unsaturated/α-hetero) is 1. The van der Waals surface area contributed by atoms with Gasteiger partial charge in [0.1, 0.15) is 5.76 Å². The summed E-state index contributed by atoms with van der Waals surface area (Å²) in [6.45, 7) is 2.81. The Bertz CT molecular complexity index is 1030. The third-order valence-corrected chi connectivity index (χ3v) is 4.21. The second-order valence-electron chi connectivity index (χ2n) is 6.28. The number of rotatable bonds is 4. The maximum atomic E-state index is 13.0. The lowest BCUT2D eigenvalue weighted by atomic mass is 10.1. The van der Waals surface area contributed by atoms with Crippen LogP contribution in [0.5, 0.6) is 0 Å². The van der Waals surface area contributed by atoms with Crippen LogP contribution in [0, 0.1) is 6.92 Å². The van der Waals surface area contributed by atoms with E-state index in [4.69, 9.17) is 4.42 Å². The van der Waals surface area contributed by atoms with Crippen LogP contribution in [-0.4, -0.2) is 11.7 Å². The molecule has 4 nitrogen and oxygen atoms in total. The molecule has 0 atom stereocenters. The van der Waals surface area contributed by atoms with Crippen molar-refractivity contribution in [2.24, 2.45) is 0 Å². The van der Waals surface area contributed by atoms with Gasteiger partial charge in [0.25, 0.3) is 5.91 Å². The van der Waals surface area contributed by atoms with Crippen molar-refractivity contribution < 1.29 is 27.2 Å². The summed E-state index contributed by atoms with van der Waals surface area (Å²) in [6.07, 6.45) is -4.51. The van der Waals surface area contributed by atoms with Gasteiger partial charge in [-0.1, -0.05) is 30.3 Å². The Balaban J connectivity index is 1.79. The number of anilines is 1. The van der Waals surface area contributed by atoms with Crippen molar-refractivity contribution in [3.8, 4) is 11.3 Å². The normalized spacial score (nSPS) is 11.3. The molecule has 1 amide bonds. The molecule has 144 valence electrons. The number of benzene rings is 2. The minimum atomic E-state index is -4.51. The molecule has 3 aromatic rings. The van der Waals surface area contributed by atoms with E-state index in [-0.39, 0.29) is 22.8 Å². The number of hydrogen-bond donors (Lipinski definition) is 1. The van der Waals surface area contributed by atoms with Gasteiger partial charge in [-0.25, -0.2) is 0 Å². The van der Waals surface area contributed by atoms with E-state index in [0.717, 1.165) is 6.07 Å². The van der Waals surface area contributed by atoms with Gasteiger partial charge in [-0.3, -0.25) is 9.59 Å². The molecule has 1 aromatic heterocycles. The molecule has 0 saturated carbocycles. The number of nitrogens with one attached hydrogen (secondary N) is 1. The van der Waals surface area contributed by atoms with Gasteiger partial charge in [0.15, 0.2) is 11.5 Å². The Kier molecular flexibility index (Phi) is 5.09. The van der Waals surface area contributed by atoms with Crippen molar-refractivity contribution in [3.05, 3.63) is 77.0 Å². The molecule has 1 heterocycles. The molecule has 2 aromatic carbocycles. The fraction of sp³-hybridized carbons (Fsp3) is 0.143. The van der Waals surface area contributed by atoms with Crippen LogP contribution >= 0.6 is 0 Å². The predicted octanol–water partition coefficient (Wildman–Crippen LogP) is 5.73. The molecule has 3 rings (SSSR count). The molecule has 0 bridgehead atoms. The highest BCUT2D eigenvalue weighted by Gasteiger charge is 2.32. The van der Waals surface area contributed by atoms with Gasteiger partial charge in [0.2, 0.25) is 0 Å². The summed E-state index contributed by atoms with van der Waals surface area (Å²) >= 11 is 0. The summed E-state index contributed by atoms with van der Waals surface area (Å²) in [4.78, 5) is 23.6. The third-order valence-electron chi connectivity index (χ3n) is 4.21. The van der Waals surface area contributed by atoms with Crippen LogP contribution < -0.4 is 5.32 Å². The van der Waals surface area contributed by atoms with Crippen molar-refractivity contribution in [1.29, 1.82) is 0 Å². The average molecular weight is 387 g/mol. The van der Waals surface area contributed by atoms with Gasteiger partial charge in [-0.2, -0.15) is 13.2 Å². The lowest BCUT2D eigenvalue weighted by Gasteiger charge is -2.12. The molecule has 0 unspecified atom stereocenters. The van der Waals surface area contributed by atoms with Gasteiger partial charge in [-0.15, -0.1) is 0 Å². The fourth-order valence-corrected chi connectivity index (χ4v) is 2.68. The summed E-state index contributed by atoms with van der Waals surface area (Å²) in [5.41, 5.74) is 0.495. The van der Waals surface area contributed by atoms with Crippen molar-refractivity contribution >= 4 is 17.4 Å². The van der Waals surface area contributed by atoms with E-state index >= 15 is 0 Å². The second kappa shape index (κ2) is 7.34. The van der Waals surface area contributed by atoms with Crippen molar-refractivity contribution in [3.63, 3.8) is 0 Å². The minimum absolute atomic E-state index is 0.0201. The number of amides is 1. The summed E-state index contributed by atoms with van der Waals surface area (Å²) in [5.74, 6) is -0.370. The zero-order chi connectivity index (χ0) is 20.5. The molecule has 0 aliphatic carbocycles. The minimum Gasteiger partial charge on any atom is -0.451 e. The number of aryl methyl sites for hydroxylation is 1. The topological polar surface area (TPSA) is 59.3 Å². The molecule has 7 heteroatoms. The largest absolute Gasteiger partial charge is 0.451 e. The highest BCUT2D eigenvalue weighted by Crippen LogP contribution is 2.33. The lowest BCUT2D eigenvalue weighted by molar-refractivity contribution is -0.138. The van der Waals surface area contributed by atoms with E-state index in [1.165, 1.54) is 32.0 Å². The maximum absolute atomic E-state index is 13.0. The Morgan fingerprint density at radius 1 is 0.964 bits per heavy atom. The Labute approximate surface area is 159 Å². The van der Waals surface area contributed by atoms with E-state index in [0.29, 0.717) is 16.9 Å². The van der Waals surface area contributed by atoms with E-state index in [1.807, 2.05) is 0 Å². The number of halogens is 3. The quantitative estimate of drug-likeness (QED) is 0.582. The van der Waals surface area contributed by atoms with Gasteiger partial charge in [0.05, 0.1) is 5.56 Å². The molecule has 0 radical (unpaired) electrons. The van der Waals surface area contributed by atoms with Crippen LogP contribution in [0.25, 0.3) is 11.3 Å². The number of alkyl halides is 3. The second-order valence-corrected chi connectivity index (χ2v) is 6.28. The van der Waals surface area contributed by atoms with Gasteiger partial charge >= 0.3 is 6.18 Å². The highest BCUT2D eigenvalue weighted by atomic mass is 19.4. The molecule has 0 aliphatic heterocycles. The summed E-state index contributed by atoms with van der Waals surface area (Å²) in [6, 6.07) is 13.2. The van der Waals surface area contributed by atoms with E-state index < -0.39 is 17.6 Å². The lowest BCUT2D eigenvalue weighted by Crippen LogP contribution is -2.13. The zero-order valence-corrected chi connectivity index (χ0v) is 15.1. The first-order valence-corrected chi connectivity index (χ1v) is 8.35. The number of carbonyl (C=O) groups is 2. The standard InChI is InChI=1S/C21H16F3NO3/c1-12-3-8-16(11-17(12)21(22,23)24)25-20(27)19-10-9-18(28-19)15-6-4-14(5-7-15)13(2)26/h3-11H,1-2H3,(H,25,27). The number of ketones is 1. The third kappa shape index (κ3) is 4.14. The van der Waals surface area contributed by atoms with Crippen LogP contribution in [0.4, 0.5) is 18.9 Å². The first kappa shape index (κ1) is 19.4. The molecule has 0 aliphatic rings. The number of furan rings is 1. The average Bonchev–Trinajstić information content (AvgIpc) is 3.13. The summed E-state index contributed by atoms with van der Waals surface area (Å²) in [7, 11) is 0. The molecule has 28 heavy (non-hydrogen) atoms. The van der Waals surface area contributed by atoms with E-state index in [2.05, 4.69) is 5.32 Å². The van der Waals surface area contributed by atoms with Gasteiger partial charge < -0.3 is 9.73 Å². The highest BCUT2D eigenvalue weighted by molar-refractivity contribution is 6.02. The smallest absolute Gasteiger partial charge is 0.416 e.